The molecule has 23 heavy (non-hydrogen) atoms. The third-order valence-corrected chi connectivity index (χ3v) is 6.44. The summed E-state index contributed by atoms with van der Waals surface area (Å²) in [6, 6.07) is 20.1. The van der Waals surface area contributed by atoms with Gasteiger partial charge in [-0.1, -0.05) is 54.6 Å². The van der Waals surface area contributed by atoms with Crippen LogP contribution in [-0.4, -0.2) is 13.6 Å². The van der Waals surface area contributed by atoms with Crippen LogP contribution in [0, 0.1) is 0 Å². The van der Waals surface area contributed by atoms with Crippen molar-refractivity contribution in [2.24, 2.45) is 0 Å². The minimum atomic E-state index is 0. The summed E-state index contributed by atoms with van der Waals surface area (Å²) in [6.45, 7) is 5.93. The van der Waals surface area contributed by atoms with Gasteiger partial charge in [0.05, 0.1) is 18.3 Å². The number of thioether (sulfide) groups is 1. The van der Waals surface area contributed by atoms with Crippen LogP contribution in [0.2, 0.25) is 0 Å². The fraction of sp³-hybridized carbons (Fsp3) is 0.400. The molecule has 1 unspecified atom stereocenters. The second-order valence-electron chi connectivity index (χ2n) is 6.65. The number of hydrogen-bond acceptors (Lipinski definition) is 1. The van der Waals surface area contributed by atoms with Crippen molar-refractivity contribution in [3.63, 3.8) is 0 Å². The maximum absolute atomic E-state index is 2.37. The number of fused-ring (bicyclic) bond motifs is 1. The van der Waals surface area contributed by atoms with E-state index in [4.69, 9.17) is 0 Å². The number of benzene rings is 2. The Kier molecular flexibility index (Phi) is 5.83. The molecule has 1 aliphatic heterocycles. The lowest BCUT2D eigenvalue weighted by Crippen LogP contribution is -3.00. The Hall–Kier alpha value is -0.960. The zero-order valence-electron chi connectivity index (χ0n) is 14.2. The molecule has 0 fully saturated rings. The molecule has 1 atom stereocenters. The van der Waals surface area contributed by atoms with Crippen LogP contribution in [0.25, 0.3) is 0 Å². The van der Waals surface area contributed by atoms with Gasteiger partial charge in [-0.15, -0.1) is 11.8 Å². The quantitative estimate of drug-likeness (QED) is 0.795. The highest BCUT2D eigenvalue weighted by Crippen LogP contribution is 2.62. The highest BCUT2D eigenvalue weighted by Gasteiger charge is 2.48. The monoisotopic (exact) mass is 347 g/mol. The predicted molar refractivity (Wildman–Crippen MR) is 96.2 cm³/mol. The van der Waals surface area contributed by atoms with Crippen molar-refractivity contribution >= 4 is 11.8 Å². The molecular weight excluding hydrogens is 322 g/mol. The van der Waals surface area contributed by atoms with Gasteiger partial charge in [-0.05, 0) is 43.4 Å². The number of nitrogens with two attached hydrogens (primary N) is 1. The Bertz CT molecular complexity index is 641. The van der Waals surface area contributed by atoms with E-state index in [-0.39, 0.29) is 21.9 Å². The Morgan fingerprint density at radius 3 is 2.17 bits per heavy atom. The highest BCUT2D eigenvalue weighted by molar-refractivity contribution is 8.01. The van der Waals surface area contributed by atoms with Gasteiger partial charge >= 0.3 is 0 Å². The second-order valence-corrected chi connectivity index (χ2v) is 8.57. The van der Waals surface area contributed by atoms with Crippen molar-refractivity contribution < 1.29 is 17.7 Å². The summed E-state index contributed by atoms with van der Waals surface area (Å²) >= 11 is 2.13. The van der Waals surface area contributed by atoms with Crippen molar-refractivity contribution in [3.8, 4) is 0 Å². The van der Waals surface area contributed by atoms with Crippen LogP contribution >= 0.6 is 11.8 Å². The van der Waals surface area contributed by atoms with E-state index in [1.165, 1.54) is 36.1 Å². The SMILES string of the molecule is C[NH2+]CCCC1(c2ccccc2)SC(C)(C)c2ccccc21.[Cl-]. The summed E-state index contributed by atoms with van der Waals surface area (Å²) in [7, 11) is 2.16. The van der Waals surface area contributed by atoms with Crippen LogP contribution in [0.4, 0.5) is 0 Å². The first kappa shape index (κ1) is 18.4. The molecular formula is C20H26ClNS. The summed E-state index contributed by atoms with van der Waals surface area (Å²) in [6.07, 6.45) is 2.44. The number of rotatable bonds is 5. The smallest absolute Gasteiger partial charge is 0.0754 e. The minimum absolute atomic E-state index is 0. The molecule has 1 nitrogen and oxygen atoms in total. The van der Waals surface area contributed by atoms with Crippen molar-refractivity contribution in [3.05, 3.63) is 71.3 Å². The lowest BCUT2D eigenvalue weighted by Gasteiger charge is -2.32. The molecule has 2 aromatic rings. The molecule has 0 saturated heterocycles. The van der Waals surface area contributed by atoms with E-state index in [0.29, 0.717) is 0 Å². The second kappa shape index (κ2) is 7.29. The van der Waals surface area contributed by atoms with E-state index in [2.05, 4.69) is 92.6 Å². The molecule has 0 amide bonds. The largest absolute Gasteiger partial charge is 1.00 e. The van der Waals surface area contributed by atoms with E-state index in [9.17, 15) is 0 Å². The van der Waals surface area contributed by atoms with E-state index < -0.39 is 0 Å². The van der Waals surface area contributed by atoms with Crippen LogP contribution < -0.4 is 17.7 Å². The van der Waals surface area contributed by atoms with Crippen molar-refractivity contribution in [2.75, 3.05) is 13.6 Å². The molecule has 3 rings (SSSR count). The first-order valence-electron chi connectivity index (χ1n) is 8.24. The van der Waals surface area contributed by atoms with E-state index in [1.807, 2.05) is 0 Å². The molecule has 0 aromatic heterocycles. The average molecular weight is 348 g/mol. The topological polar surface area (TPSA) is 16.6 Å². The molecule has 2 N–H and O–H groups in total. The van der Waals surface area contributed by atoms with Crippen LogP contribution in [-0.2, 0) is 9.49 Å². The fourth-order valence-corrected chi connectivity index (χ4v) is 5.66. The van der Waals surface area contributed by atoms with Crippen LogP contribution in [0.1, 0.15) is 43.4 Å². The van der Waals surface area contributed by atoms with Gasteiger partial charge in [0.25, 0.3) is 0 Å². The Morgan fingerprint density at radius 2 is 1.52 bits per heavy atom. The Labute approximate surface area is 150 Å². The lowest BCUT2D eigenvalue weighted by molar-refractivity contribution is -0.627. The molecule has 1 aliphatic rings. The summed E-state index contributed by atoms with van der Waals surface area (Å²) in [5.74, 6) is 0. The maximum atomic E-state index is 2.37. The van der Waals surface area contributed by atoms with Crippen molar-refractivity contribution in [1.29, 1.82) is 0 Å². The van der Waals surface area contributed by atoms with Crippen LogP contribution in [0.15, 0.2) is 54.6 Å². The van der Waals surface area contributed by atoms with E-state index >= 15 is 0 Å². The first-order valence-corrected chi connectivity index (χ1v) is 9.05. The zero-order chi connectivity index (χ0) is 15.6. The lowest BCUT2D eigenvalue weighted by atomic mass is 9.82. The summed E-state index contributed by atoms with van der Waals surface area (Å²) < 4.78 is 0.271. The number of hydrogen-bond donors (Lipinski definition) is 1. The van der Waals surface area contributed by atoms with Gasteiger partial charge in [-0.2, -0.15) is 0 Å². The molecule has 124 valence electrons. The van der Waals surface area contributed by atoms with E-state index in [1.54, 1.807) is 0 Å². The molecule has 0 spiro atoms. The molecule has 0 saturated carbocycles. The molecule has 0 aliphatic carbocycles. The molecule has 2 aromatic carbocycles. The van der Waals surface area contributed by atoms with Crippen molar-refractivity contribution in [2.45, 2.75) is 36.2 Å². The minimum Gasteiger partial charge on any atom is -1.00 e. The fourth-order valence-electron chi connectivity index (χ4n) is 3.71. The average Bonchev–Trinajstić information content (AvgIpc) is 2.78. The maximum Gasteiger partial charge on any atom is 0.0754 e. The van der Waals surface area contributed by atoms with Gasteiger partial charge in [-0.3, -0.25) is 0 Å². The standard InChI is InChI=1S/C20H25NS.ClH/c1-19(2)17-12-7-8-13-18(17)20(22-19,14-9-15-21-3)16-10-5-4-6-11-16;/h4-8,10-13,21H,9,14-15H2,1-3H3;1H. The summed E-state index contributed by atoms with van der Waals surface area (Å²) in [4.78, 5) is 0. The third kappa shape index (κ3) is 3.31. The first-order chi connectivity index (χ1) is 10.6. The van der Waals surface area contributed by atoms with Gasteiger partial charge in [-0.25, -0.2) is 0 Å². The normalized spacial score (nSPS) is 21.5. The van der Waals surface area contributed by atoms with E-state index in [0.717, 1.165) is 0 Å². The summed E-state index contributed by atoms with van der Waals surface area (Å²) in [5, 5.41) is 2.29. The van der Waals surface area contributed by atoms with Gasteiger partial charge in [0.1, 0.15) is 0 Å². The zero-order valence-corrected chi connectivity index (χ0v) is 15.8. The number of halogens is 1. The van der Waals surface area contributed by atoms with Crippen molar-refractivity contribution in [1.82, 2.24) is 0 Å². The third-order valence-electron chi connectivity index (χ3n) is 4.70. The van der Waals surface area contributed by atoms with Crippen LogP contribution in [0.5, 0.6) is 0 Å². The van der Waals surface area contributed by atoms with Gasteiger partial charge in [0.2, 0.25) is 0 Å². The molecule has 3 heteroatoms. The molecule has 1 heterocycles. The highest BCUT2D eigenvalue weighted by atomic mass is 35.5. The van der Waals surface area contributed by atoms with Gasteiger partial charge < -0.3 is 17.7 Å². The Morgan fingerprint density at radius 1 is 0.913 bits per heavy atom. The predicted octanol–water partition coefficient (Wildman–Crippen LogP) is 0.890. The Balaban J connectivity index is 0.00000192. The molecule has 0 bridgehead atoms. The van der Waals surface area contributed by atoms with Gasteiger partial charge in [0, 0.05) is 4.75 Å². The van der Waals surface area contributed by atoms with Gasteiger partial charge in [0.15, 0.2) is 0 Å². The van der Waals surface area contributed by atoms with Crippen LogP contribution in [0.3, 0.4) is 0 Å². The number of quaternary nitrogens is 1. The molecule has 0 radical (unpaired) electrons. The summed E-state index contributed by atoms with van der Waals surface area (Å²) in [5.41, 5.74) is 4.48.